The minimum atomic E-state index is -1.34. The number of pyridine rings is 1. The van der Waals surface area contributed by atoms with Crippen LogP contribution < -0.4 is 20.8 Å². The minimum Gasteiger partial charge on any atom is -0.497 e. The second kappa shape index (κ2) is 19.6. The molecule has 0 spiro atoms. The van der Waals surface area contributed by atoms with Crippen LogP contribution in [0.1, 0.15) is 57.7 Å². The Labute approximate surface area is 340 Å². The van der Waals surface area contributed by atoms with Gasteiger partial charge in [0.2, 0.25) is 5.91 Å². The number of aromatic nitrogens is 1. The molecule has 2 heterocycles. The van der Waals surface area contributed by atoms with Crippen molar-refractivity contribution < 1.29 is 34.1 Å². The average molecular weight is 796 g/mol. The number of carbonyl (C=O) groups excluding carboxylic acids is 3. The highest BCUT2D eigenvalue weighted by Gasteiger charge is 2.41. The largest absolute Gasteiger partial charge is 0.497 e. The standard InChI is InChI=1S/C44H57N7O7/c1-7-29(2)38(51-24-23-49(43(51)57)27-32-21-22-45-35-16-12-11-15-34(32)35)40(53)46-36(25-30-13-9-8-10-14-30)37(52)28-50(26-31-17-19-33(58-6)20-18-31)48-41(54)39(44(3,4)5)47-42(55)56/h8-22,29,36-39,47,52H,7,23-28H2,1-6H3,(H,46,53)(H,48,54)(H,55,56)/t29-,36-,37-,38-,39+/m0/s1. The molecule has 14 nitrogen and oxygen atoms in total. The molecular weight excluding hydrogens is 739 g/mol. The van der Waals surface area contributed by atoms with Gasteiger partial charge < -0.3 is 35.4 Å². The van der Waals surface area contributed by atoms with E-state index in [2.05, 4.69) is 21.0 Å². The predicted molar refractivity (Wildman–Crippen MR) is 222 cm³/mol. The maximum Gasteiger partial charge on any atom is 0.405 e. The number of carbonyl (C=O) groups is 4. The van der Waals surface area contributed by atoms with Gasteiger partial charge >= 0.3 is 12.1 Å². The summed E-state index contributed by atoms with van der Waals surface area (Å²) in [6.07, 6.45) is 0.0497. The number of hydrogen-bond acceptors (Lipinski definition) is 8. The zero-order chi connectivity index (χ0) is 42.0. The van der Waals surface area contributed by atoms with Crippen molar-refractivity contribution in [3.8, 4) is 5.75 Å². The Kier molecular flexibility index (Phi) is 14.7. The molecular formula is C44H57N7O7. The minimum absolute atomic E-state index is 0.135. The summed E-state index contributed by atoms with van der Waals surface area (Å²) in [7, 11) is 1.56. The van der Waals surface area contributed by atoms with E-state index in [4.69, 9.17) is 4.74 Å². The predicted octanol–water partition coefficient (Wildman–Crippen LogP) is 5.20. The van der Waals surface area contributed by atoms with E-state index in [-0.39, 0.29) is 37.4 Å². The van der Waals surface area contributed by atoms with E-state index in [1.807, 2.05) is 86.6 Å². The molecule has 4 aromatic rings. The van der Waals surface area contributed by atoms with Gasteiger partial charge in [-0.2, -0.15) is 0 Å². The van der Waals surface area contributed by atoms with Crippen molar-refractivity contribution in [2.45, 2.75) is 84.8 Å². The van der Waals surface area contributed by atoms with E-state index in [1.165, 1.54) is 5.01 Å². The molecule has 0 saturated carbocycles. The fourth-order valence-electron chi connectivity index (χ4n) is 7.33. The van der Waals surface area contributed by atoms with Gasteiger partial charge in [-0.05, 0) is 58.7 Å². The molecule has 0 aliphatic carbocycles. The third-order valence-corrected chi connectivity index (χ3v) is 10.7. The van der Waals surface area contributed by atoms with Crippen molar-refractivity contribution in [1.29, 1.82) is 0 Å². The van der Waals surface area contributed by atoms with Crippen LogP contribution >= 0.6 is 0 Å². The highest BCUT2D eigenvalue weighted by atomic mass is 16.5. The Hall–Kier alpha value is -5.73. The number of methoxy groups -OCH3 is 1. The molecule has 1 aliphatic rings. The first-order valence-electron chi connectivity index (χ1n) is 19.8. The summed E-state index contributed by atoms with van der Waals surface area (Å²) in [5.41, 5.74) is 5.52. The van der Waals surface area contributed by atoms with Crippen molar-refractivity contribution in [3.05, 3.63) is 108 Å². The Balaban J connectivity index is 1.39. The SMILES string of the molecule is CC[C@H](C)[C@@H](C(=O)N[C@@H](Cc1ccccc1)[C@@H](O)CN(Cc1ccc(OC)cc1)NC(=O)[C@@H](NC(=O)O)C(C)(C)C)N1CCN(Cc2ccnc3ccccc23)C1=O. The van der Waals surface area contributed by atoms with Gasteiger partial charge in [0.25, 0.3) is 5.91 Å². The summed E-state index contributed by atoms with van der Waals surface area (Å²) in [6, 6.07) is 23.4. The number of amides is 5. The molecule has 5 amide bonds. The highest BCUT2D eigenvalue weighted by molar-refractivity contribution is 5.89. The van der Waals surface area contributed by atoms with Crippen LogP contribution in [-0.2, 0) is 29.1 Å². The molecule has 1 aliphatic heterocycles. The summed E-state index contributed by atoms with van der Waals surface area (Å²) in [5.74, 6) is -0.553. The lowest BCUT2D eigenvalue weighted by Gasteiger charge is -2.36. The number of hydrazine groups is 1. The lowest BCUT2D eigenvalue weighted by Crippen LogP contribution is -2.60. The first kappa shape index (κ1) is 43.4. The van der Waals surface area contributed by atoms with Gasteiger partial charge in [0.1, 0.15) is 17.8 Å². The van der Waals surface area contributed by atoms with E-state index in [0.29, 0.717) is 31.8 Å². The van der Waals surface area contributed by atoms with E-state index >= 15 is 0 Å². The molecule has 58 heavy (non-hydrogen) atoms. The van der Waals surface area contributed by atoms with Crippen molar-refractivity contribution in [2.24, 2.45) is 11.3 Å². The van der Waals surface area contributed by atoms with Gasteiger partial charge in [0.05, 0.1) is 24.8 Å². The second-order valence-corrected chi connectivity index (χ2v) is 16.0. The molecule has 310 valence electrons. The van der Waals surface area contributed by atoms with Gasteiger partial charge in [-0.15, -0.1) is 0 Å². The van der Waals surface area contributed by atoms with Crippen LogP contribution in [0.4, 0.5) is 9.59 Å². The van der Waals surface area contributed by atoms with Crippen molar-refractivity contribution in [2.75, 3.05) is 26.7 Å². The summed E-state index contributed by atoms with van der Waals surface area (Å²) in [5, 5.41) is 29.5. The van der Waals surface area contributed by atoms with Crippen LogP contribution in [-0.4, -0.2) is 105 Å². The lowest BCUT2D eigenvalue weighted by atomic mass is 9.86. The number of aliphatic hydroxyl groups is 1. The van der Waals surface area contributed by atoms with Crippen LogP contribution in [0, 0.1) is 11.3 Å². The monoisotopic (exact) mass is 795 g/mol. The molecule has 0 unspecified atom stereocenters. The molecule has 0 radical (unpaired) electrons. The highest BCUT2D eigenvalue weighted by Crippen LogP contribution is 2.26. The van der Waals surface area contributed by atoms with Crippen molar-refractivity contribution >= 4 is 34.8 Å². The molecule has 5 rings (SSSR count). The number of fused-ring (bicyclic) bond motifs is 1. The lowest BCUT2D eigenvalue weighted by molar-refractivity contribution is -0.132. The zero-order valence-electron chi connectivity index (χ0n) is 34.2. The van der Waals surface area contributed by atoms with E-state index in [9.17, 15) is 29.4 Å². The topological polar surface area (TPSA) is 177 Å². The molecule has 5 atom stereocenters. The molecule has 1 saturated heterocycles. The molecule has 1 aromatic heterocycles. The number of hydrogen-bond donors (Lipinski definition) is 5. The van der Waals surface area contributed by atoms with Crippen LogP contribution in [0.2, 0.25) is 0 Å². The Morgan fingerprint density at radius 2 is 1.60 bits per heavy atom. The third-order valence-electron chi connectivity index (χ3n) is 10.7. The number of benzene rings is 3. The first-order valence-corrected chi connectivity index (χ1v) is 19.8. The number of para-hydroxylation sites is 1. The maximum absolute atomic E-state index is 14.5. The molecule has 0 bridgehead atoms. The summed E-state index contributed by atoms with van der Waals surface area (Å²) >= 11 is 0. The zero-order valence-corrected chi connectivity index (χ0v) is 34.2. The first-order chi connectivity index (χ1) is 27.7. The number of nitrogens with zero attached hydrogens (tertiary/aromatic N) is 4. The number of nitrogens with one attached hydrogen (secondary N) is 3. The fraction of sp³-hybridized carbons (Fsp3) is 0.432. The Bertz CT molecular complexity index is 2000. The summed E-state index contributed by atoms with van der Waals surface area (Å²) in [4.78, 5) is 61.9. The number of aliphatic hydroxyl groups excluding tert-OH is 1. The smallest absolute Gasteiger partial charge is 0.405 e. The molecule has 14 heteroatoms. The number of urea groups is 1. The normalized spacial score (nSPS) is 15.8. The van der Waals surface area contributed by atoms with Crippen LogP contribution in [0.25, 0.3) is 10.9 Å². The quantitative estimate of drug-likeness (QED) is 0.0848. The van der Waals surface area contributed by atoms with E-state index in [1.54, 1.807) is 56.0 Å². The molecule has 1 fully saturated rings. The summed E-state index contributed by atoms with van der Waals surface area (Å²) < 4.78 is 5.31. The third kappa shape index (κ3) is 11.2. The van der Waals surface area contributed by atoms with E-state index in [0.717, 1.165) is 27.6 Å². The van der Waals surface area contributed by atoms with Gasteiger partial charge in [0, 0.05) is 44.3 Å². The van der Waals surface area contributed by atoms with Crippen LogP contribution in [0.3, 0.4) is 0 Å². The summed E-state index contributed by atoms with van der Waals surface area (Å²) in [6.45, 7) is 10.4. The Morgan fingerprint density at radius 1 is 0.914 bits per heavy atom. The number of carboxylic acid groups (broad SMARTS) is 1. The molecule has 5 N–H and O–H groups in total. The number of ether oxygens (including phenoxy) is 1. The van der Waals surface area contributed by atoms with E-state index < -0.39 is 41.6 Å². The van der Waals surface area contributed by atoms with Gasteiger partial charge in [-0.1, -0.05) is 102 Å². The van der Waals surface area contributed by atoms with Crippen molar-refractivity contribution in [1.82, 2.24) is 35.9 Å². The van der Waals surface area contributed by atoms with Crippen LogP contribution in [0.15, 0.2) is 91.1 Å². The van der Waals surface area contributed by atoms with Crippen LogP contribution in [0.5, 0.6) is 5.75 Å². The average Bonchev–Trinajstić information content (AvgIpc) is 3.55. The van der Waals surface area contributed by atoms with Gasteiger partial charge in [-0.25, -0.2) is 14.6 Å². The number of rotatable bonds is 18. The fourth-order valence-corrected chi connectivity index (χ4v) is 7.33. The maximum atomic E-state index is 14.5. The van der Waals surface area contributed by atoms with Gasteiger partial charge in [-0.3, -0.25) is 20.0 Å². The Morgan fingerprint density at radius 3 is 2.26 bits per heavy atom. The van der Waals surface area contributed by atoms with Gasteiger partial charge in [0.15, 0.2) is 0 Å². The second-order valence-electron chi connectivity index (χ2n) is 16.0. The molecule has 3 aromatic carbocycles. The van der Waals surface area contributed by atoms with Crippen molar-refractivity contribution in [3.63, 3.8) is 0 Å².